The summed E-state index contributed by atoms with van der Waals surface area (Å²) < 4.78 is 1.77. The minimum absolute atomic E-state index is 0.0486. The van der Waals surface area contributed by atoms with E-state index < -0.39 is 0 Å². The summed E-state index contributed by atoms with van der Waals surface area (Å²) in [6, 6.07) is 5.90. The molecule has 5 rings (SSSR count). The minimum atomic E-state index is -0.146. The summed E-state index contributed by atoms with van der Waals surface area (Å²) >= 11 is 2.96. The van der Waals surface area contributed by atoms with Gasteiger partial charge in [-0.2, -0.15) is 0 Å². The molecule has 31 heavy (non-hydrogen) atoms. The van der Waals surface area contributed by atoms with Gasteiger partial charge < -0.3 is 5.32 Å². The molecule has 0 bridgehead atoms. The van der Waals surface area contributed by atoms with Crippen molar-refractivity contribution >= 4 is 56.7 Å². The summed E-state index contributed by atoms with van der Waals surface area (Å²) in [7, 11) is 0. The first-order valence-electron chi connectivity index (χ1n) is 11.3. The number of fused-ring (bicyclic) bond motifs is 2. The van der Waals surface area contributed by atoms with Crippen molar-refractivity contribution in [3.8, 4) is 0 Å². The maximum atomic E-state index is 12.9. The molecule has 0 spiro atoms. The van der Waals surface area contributed by atoms with Crippen LogP contribution in [-0.2, 0) is 14.4 Å². The number of nitrogens with zero attached hydrogens (tertiary/aromatic N) is 2. The predicted octanol–water partition coefficient (Wildman–Crippen LogP) is 4.52. The Labute approximate surface area is 190 Å². The van der Waals surface area contributed by atoms with Gasteiger partial charge in [-0.1, -0.05) is 43.9 Å². The van der Waals surface area contributed by atoms with Gasteiger partial charge in [0.15, 0.2) is 4.34 Å². The third-order valence-electron chi connectivity index (χ3n) is 6.75. The number of carbonyl (C=O) groups is 3. The van der Waals surface area contributed by atoms with E-state index in [0.717, 1.165) is 53.1 Å². The molecule has 3 fully saturated rings. The number of thiazole rings is 1. The average Bonchev–Trinajstić information content (AvgIpc) is 3.31. The topological polar surface area (TPSA) is 79.4 Å². The van der Waals surface area contributed by atoms with Gasteiger partial charge in [0.2, 0.25) is 17.7 Å². The lowest BCUT2D eigenvalue weighted by molar-refractivity contribution is -0.122. The first-order valence-corrected chi connectivity index (χ1v) is 13.1. The minimum Gasteiger partial charge on any atom is -0.353 e. The van der Waals surface area contributed by atoms with E-state index in [-0.39, 0.29) is 29.6 Å². The number of rotatable bonds is 5. The van der Waals surface area contributed by atoms with Crippen molar-refractivity contribution in [3.05, 3.63) is 18.2 Å². The summed E-state index contributed by atoms with van der Waals surface area (Å²) in [4.78, 5) is 44.1. The smallest absolute Gasteiger partial charge is 0.237 e. The number of benzene rings is 1. The molecule has 6 nitrogen and oxygen atoms in total. The second-order valence-corrected chi connectivity index (χ2v) is 11.1. The quantitative estimate of drug-likeness (QED) is 0.528. The number of hydrogen-bond acceptors (Lipinski definition) is 6. The van der Waals surface area contributed by atoms with Crippen LogP contribution in [0.3, 0.4) is 0 Å². The van der Waals surface area contributed by atoms with Crippen molar-refractivity contribution in [2.75, 3.05) is 10.7 Å². The van der Waals surface area contributed by atoms with Gasteiger partial charge in [-0.15, -0.1) is 11.3 Å². The molecule has 2 aliphatic carbocycles. The molecule has 1 saturated heterocycles. The van der Waals surface area contributed by atoms with Crippen molar-refractivity contribution in [1.29, 1.82) is 0 Å². The Morgan fingerprint density at radius 2 is 1.71 bits per heavy atom. The number of amides is 3. The maximum absolute atomic E-state index is 12.9. The highest BCUT2D eigenvalue weighted by molar-refractivity contribution is 8.01. The molecule has 2 heterocycles. The molecule has 2 aromatic rings. The Kier molecular flexibility index (Phi) is 6.01. The Morgan fingerprint density at radius 3 is 2.42 bits per heavy atom. The fourth-order valence-corrected chi connectivity index (χ4v) is 7.07. The standard InChI is InChI=1S/C23H27N3O3S2/c27-20(24-14-6-2-1-3-7-14)13-30-23-25-18-11-10-15(12-19(18)31-23)26-21(28)16-8-4-5-9-17(16)22(26)29/h10-12,14,16-17H,1-9,13H2,(H,24,27)/t16-,17-/m1/s1. The first kappa shape index (κ1) is 20.9. The molecule has 1 N–H and O–H groups in total. The van der Waals surface area contributed by atoms with E-state index in [0.29, 0.717) is 17.5 Å². The number of hydrogen-bond donors (Lipinski definition) is 1. The number of anilines is 1. The number of aromatic nitrogens is 1. The number of carbonyl (C=O) groups excluding carboxylic acids is 3. The van der Waals surface area contributed by atoms with Crippen LogP contribution < -0.4 is 10.2 Å². The zero-order chi connectivity index (χ0) is 21.4. The highest BCUT2D eigenvalue weighted by Gasteiger charge is 2.48. The van der Waals surface area contributed by atoms with Crippen molar-refractivity contribution in [1.82, 2.24) is 10.3 Å². The Hall–Kier alpha value is -1.93. The van der Waals surface area contributed by atoms with E-state index in [4.69, 9.17) is 0 Å². The van der Waals surface area contributed by atoms with Gasteiger partial charge in [-0.05, 0) is 43.9 Å². The lowest BCUT2D eigenvalue weighted by Crippen LogP contribution is -2.37. The fourth-order valence-electron chi connectivity index (χ4n) is 5.15. The molecular formula is C23H27N3O3S2. The van der Waals surface area contributed by atoms with Gasteiger partial charge in [0.25, 0.3) is 0 Å². The third kappa shape index (κ3) is 4.24. The van der Waals surface area contributed by atoms with Gasteiger partial charge in [-0.25, -0.2) is 4.98 Å². The highest BCUT2D eigenvalue weighted by atomic mass is 32.2. The van der Waals surface area contributed by atoms with Crippen LogP contribution in [0.4, 0.5) is 5.69 Å². The van der Waals surface area contributed by atoms with Crippen LogP contribution in [0.15, 0.2) is 22.5 Å². The van der Waals surface area contributed by atoms with Gasteiger partial charge in [0.1, 0.15) is 0 Å². The third-order valence-corrected chi connectivity index (χ3v) is 8.91. The monoisotopic (exact) mass is 457 g/mol. The van der Waals surface area contributed by atoms with Crippen molar-refractivity contribution in [2.45, 2.75) is 68.2 Å². The number of thioether (sulfide) groups is 1. The van der Waals surface area contributed by atoms with Crippen molar-refractivity contribution < 1.29 is 14.4 Å². The normalized spacial score (nSPS) is 24.6. The summed E-state index contributed by atoms with van der Waals surface area (Å²) in [5.41, 5.74) is 1.48. The number of nitrogens with one attached hydrogen (secondary N) is 1. The maximum Gasteiger partial charge on any atom is 0.237 e. The van der Waals surface area contributed by atoms with Crippen molar-refractivity contribution in [2.24, 2.45) is 11.8 Å². The SMILES string of the molecule is O=C(CSc1nc2ccc(N3C(=O)[C@@H]4CCCC[C@H]4C3=O)cc2s1)NC1CCCCC1. The highest BCUT2D eigenvalue weighted by Crippen LogP contribution is 2.41. The molecule has 2 atom stereocenters. The van der Waals surface area contributed by atoms with Gasteiger partial charge >= 0.3 is 0 Å². The molecule has 2 saturated carbocycles. The summed E-state index contributed by atoms with van der Waals surface area (Å²) in [6.45, 7) is 0. The van der Waals surface area contributed by atoms with E-state index in [2.05, 4.69) is 10.3 Å². The zero-order valence-electron chi connectivity index (χ0n) is 17.5. The van der Waals surface area contributed by atoms with Crippen LogP contribution in [0, 0.1) is 11.8 Å². The van der Waals surface area contributed by atoms with E-state index in [9.17, 15) is 14.4 Å². The molecule has 1 aliphatic heterocycles. The molecule has 0 unspecified atom stereocenters. The molecule has 1 aromatic carbocycles. The lowest BCUT2D eigenvalue weighted by atomic mass is 9.81. The van der Waals surface area contributed by atoms with Crippen LogP contribution in [0.1, 0.15) is 57.8 Å². The van der Waals surface area contributed by atoms with Gasteiger partial charge in [-0.3, -0.25) is 19.3 Å². The first-order chi connectivity index (χ1) is 15.1. The largest absolute Gasteiger partial charge is 0.353 e. The Balaban J connectivity index is 1.26. The average molecular weight is 458 g/mol. The molecule has 164 valence electrons. The van der Waals surface area contributed by atoms with Crippen LogP contribution >= 0.6 is 23.1 Å². The summed E-state index contributed by atoms with van der Waals surface area (Å²) in [5, 5.41) is 3.14. The van der Waals surface area contributed by atoms with E-state index in [1.54, 1.807) is 0 Å². The van der Waals surface area contributed by atoms with Gasteiger partial charge in [0, 0.05) is 6.04 Å². The Morgan fingerprint density at radius 1 is 1.03 bits per heavy atom. The second-order valence-electron chi connectivity index (χ2n) is 8.83. The van der Waals surface area contributed by atoms with Crippen LogP contribution in [0.2, 0.25) is 0 Å². The summed E-state index contributed by atoms with van der Waals surface area (Å²) in [6.07, 6.45) is 9.50. The molecule has 8 heteroatoms. The molecule has 3 aliphatic rings. The van der Waals surface area contributed by atoms with E-state index in [1.807, 2.05) is 18.2 Å². The predicted molar refractivity (Wildman–Crippen MR) is 123 cm³/mol. The molecular weight excluding hydrogens is 430 g/mol. The zero-order valence-corrected chi connectivity index (χ0v) is 19.1. The lowest BCUT2D eigenvalue weighted by Gasteiger charge is -2.22. The fraction of sp³-hybridized carbons (Fsp3) is 0.565. The van der Waals surface area contributed by atoms with Crippen LogP contribution in [-0.4, -0.2) is 34.5 Å². The molecule has 0 radical (unpaired) electrons. The number of imide groups is 1. The van der Waals surface area contributed by atoms with E-state index in [1.165, 1.54) is 47.3 Å². The molecule has 3 amide bonds. The van der Waals surface area contributed by atoms with E-state index >= 15 is 0 Å². The van der Waals surface area contributed by atoms with Crippen LogP contribution in [0.5, 0.6) is 0 Å². The second kappa shape index (κ2) is 8.90. The molecule has 1 aromatic heterocycles. The Bertz CT molecular complexity index is 991. The van der Waals surface area contributed by atoms with Crippen molar-refractivity contribution in [3.63, 3.8) is 0 Å². The van der Waals surface area contributed by atoms with Gasteiger partial charge in [0.05, 0.1) is 33.5 Å². The summed E-state index contributed by atoms with van der Waals surface area (Å²) in [5.74, 6) is 0.0301. The van der Waals surface area contributed by atoms with Crippen LogP contribution in [0.25, 0.3) is 10.2 Å².